The lowest BCUT2D eigenvalue weighted by Crippen LogP contribution is -2.38. The zero-order chi connectivity index (χ0) is 20.7. The maximum atomic E-state index is 11.7. The van der Waals surface area contributed by atoms with Crippen LogP contribution in [0.15, 0.2) is 41.5 Å². The molecule has 3 N–H and O–H groups in total. The lowest BCUT2D eigenvalue weighted by Gasteiger charge is -2.22. The monoisotopic (exact) mass is 532 g/mol. The first kappa shape index (κ1) is 25.1. The molecule has 0 fully saturated rings. The highest BCUT2D eigenvalue weighted by atomic mass is 127. The predicted molar refractivity (Wildman–Crippen MR) is 131 cm³/mol. The lowest BCUT2D eigenvalue weighted by molar-refractivity contribution is 0.250. The Morgan fingerprint density at radius 1 is 1.28 bits per heavy atom. The topological polar surface area (TPSA) is 73.7 Å². The molecule has 0 unspecified atom stereocenters. The number of hydrogen-bond donors (Lipinski definition) is 3. The highest BCUT2D eigenvalue weighted by Gasteiger charge is 2.10. The molecule has 9 heteroatoms. The van der Waals surface area contributed by atoms with Crippen molar-refractivity contribution in [2.24, 2.45) is 12.0 Å². The Morgan fingerprint density at radius 3 is 2.45 bits per heavy atom. The number of nitrogens with zero attached hydrogens (tertiary/aromatic N) is 3. The van der Waals surface area contributed by atoms with Gasteiger partial charge in [0.1, 0.15) is 0 Å². The second-order valence-electron chi connectivity index (χ2n) is 6.97. The van der Waals surface area contributed by atoms with E-state index in [2.05, 4.69) is 20.9 Å². The maximum absolute atomic E-state index is 11.7. The van der Waals surface area contributed by atoms with Gasteiger partial charge in [-0.1, -0.05) is 23.7 Å². The average Bonchev–Trinajstić information content (AvgIpc) is 2.93. The minimum absolute atomic E-state index is 0. The van der Waals surface area contributed by atoms with E-state index in [1.807, 2.05) is 73.9 Å². The van der Waals surface area contributed by atoms with Crippen molar-refractivity contribution in [3.63, 3.8) is 0 Å². The molecule has 0 aliphatic heterocycles. The van der Waals surface area contributed by atoms with Crippen molar-refractivity contribution in [2.45, 2.75) is 33.0 Å². The molecule has 0 radical (unpaired) electrons. The Bertz CT molecular complexity index is 819. The molecule has 0 saturated heterocycles. The van der Waals surface area contributed by atoms with E-state index in [4.69, 9.17) is 11.6 Å². The fourth-order valence-electron chi connectivity index (χ4n) is 2.74. The summed E-state index contributed by atoms with van der Waals surface area (Å²) in [6, 6.07) is 9.56. The van der Waals surface area contributed by atoms with Crippen LogP contribution in [0, 0.1) is 0 Å². The third-order valence-electron chi connectivity index (χ3n) is 4.13. The van der Waals surface area contributed by atoms with Crippen molar-refractivity contribution in [2.75, 3.05) is 19.4 Å². The van der Waals surface area contributed by atoms with Crippen LogP contribution in [0.3, 0.4) is 0 Å². The number of guanidine groups is 1. The summed E-state index contributed by atoms with van der Waals surface area (Å²) in [5.41, 5.74) is 2.95. The predicted octanol–water partition coefficient (Wildman–Crippen LogP) is 4.03. The van der Waals surface area contributed by atoms with Gasteiger partial charge in [0.2, 0.25) is 0 Å². The van der Waals surface area contributed by atoms with Gasteiger partial charge in [-0.2, -0.15) is 0 Å². The largest absolute Gasteiger partial charge is 0.352 e. The Balaban J connectivity index is 0.00000420. The van der Waals surface area contributed by atoms with Crippen molar-refractivity contribution in [3.05, 3.63) is 52.8 Å². The van der Waals surface area contributed by atoms with Crippen molar-refractivity contribution in [1.29, 1.82) is 0 Å². The van der Waals surface area contributed by atoms with Gasteiger partial charge in [-0.15, -0.1) is 24.0 Å². The number of carbonyl (C=O) groups is 1. The number of aliphatic imine (C=N–C) groups is 1. The summed E-state index contributed by atoms with van der Waals surface area (Å²) < 4.78 is 2.01. The minimum atomic E-state index is -0.205. The summed E-state index contributed by atoms with van der Waals surface area (Å²) in [5, 5.41) is 9.69. The van der Waals surface area contributed by atoms with Crippen LogP contribution in [-0.2, 0) is 20.1 Å². The second kappa shape index (κ2) is 11.9. The Hall–Kier alpha value is -1.94. The summed E-state index contributed by atoms with van der Waals surface area (Å²) in [5.74, 6) is 0.788. The summed E-state index contributed by atoms with van der Waals surface area (Å²) in [6.45, 7) is 5.16. The molecular formula is C20H30ClIN6O. The molecule has 29 heavy (non-hydrogen) atoms. The van der Waals surface area contributed by atoms with Gasteiger partial charge in [0, 0.05) is 51.3 Å². The van der Waals surface area contributed by atoms with Crippen LogP contribution in [0.1, 0.15) is 25.1 Å². The van der Waals surface area contributed by atoms with E-state index in [1.54, 1.807) is 7.05 Å². The molecule has 0 aliphatic rings. The lowest BCUT2D eigenvalue weighted by atomic mass is 10.2. The van der Waals surface area contributed by atoms with Crippen LogP contribution >= 0.6 is 35.6 Å². The fourth-order valence-corrected chi connectivity index (χ4v) is 3.01. The van der Waals surface area contributed by atoms with E-state index in [-0.39, 0.29) is 36.0 Å². The number of carbonyl (C=O) groups excluding carboxylic acids is 1. The normalized spacial score (nSPS) is 11.1. The van der Waals surface area contributed by atoms with Crippen LogP contribution in [0.25, 0.3) is 0 Å². The van der Waals surface area contributed by atoms with E-state index in [1.165, 1.54) is 0 Å². The first-order valence-electron chi connectivity index (χ1n) is 9.17. The van der Waals surface area contributed by atoms with Crippen molar-refractivity contribution < 1.29 is 4.79 Å². The first-order valence-corrected chi connectivity index (χ1v) is 9.55. The van der Waals surface area contributed by atoms with Gasteiger partial charge >= 0.3 is 6.03 Å². The van der Waals surface area contributed by atoms with E-state index in [0.717, 1.165) is 27.9 Å². The molecule has 0 bridgehead atoms. The van der Waals surface area contributed by atoms with E-state index in [0.29, 0.717) is 13.1 Å². The van der Waals surface area contributed by atoms with Crippen LogP contribution in [0.2, 0.25) is 5.02 Å². The van der Waals surface area contributed by atoms with E-state index >= 15 is 0 Å². The van der Waals surface area contributed by atoms with Crippen LogP contribution < -0.4 is 16.0 Å². The quantitative estimate of drug-likeness (QED) is 0.299. The molecular weight excluding hydrogens is 503 g/mol. The number of urea groups is 1. The van der Waals surface area contributed by atoms with Crippen LogP contribution in [0.5, 0.6) is 0 Å². The molecule has 1 aromatic heterocycles. The van der Waals surface area contributed by atoms with Crippen molar-refractivity contribution in [1.82, 2.24) is 20.1 Å². The van der Waals surface area contributed by atoms with E-state index in [9.17, 15) is 4.79 Å². The third-order valence-corrected chi connectivity index (χ3v) is 4.34. The molecule has 0 atom stereocenters. The molecule has 0 saturated carbocycles. The molecule has 1 heterocycles. The second-order valence-corrected chi connectivity index (χ2v) is 7.40. The van der Waals surface area contributed by atoms with Gasteiger partial charge in [-0.05, 0) is 37.6 Å². The van der Waals surface area contributed by atoms with Gasteiger partial charge in [0.15, 0.2) is 5.96 Å². The maximum Gasteiger partial charge on any atom is 0.319 e. The average molecular weight is 533 g/mol. The van der Waals surface area contributed by atoms with Gasteiger partial charge in [0.25, 0.3) is 0 Å². The Labute approximate surface area is 194 Å². The zero-order valence-corrected chi connectivity index (χ0v) is 20.6. The summed E-state index contributed by atoms with van der Waals surface area (Å²) >= 11 is 6.06. The summed E-state index contributed by atoms with van der Waals surface area (Å²) in [4.78, 5) is 18.1. The highest BCUT2D eigenvalue weighted by Crippen LogP contribution is 2.14. The number of amides is 2. The Kier molecular flexibility index (Phi) is 10.3. The van der Waals surface area contributed by atoms with Crippen molar-refractivity contribution in [3.8, 4) is 0 Å². The number of halogens is 2. The highest BCUT2D eigenvalue weighted by molar-refractivity contribution is 14.0. The summed E-state index contributed by atoms with van der Waals surface area (Å²) in [6.07, 6.45) is 1.89. The number of hydrogen-bond acceptors (Lipinski definition) is 2. The van der Waals surface area contributed by atoms with Crippen LogP contribution in [0.4, 0.5) is 10.5 Å². The number of aryl methyl sites for hydroxylation is 1. The van der Waals surface area contributed by atoms with Gasteiger partial charge < -0.3 is 25.4 Å². The van der Waals surface area contributed by atoms with Gasteiger partial charge in [0.05, 0.1) is 11.6 Å². The summed E-state index contributed by atoms with van der Waals surface area (Å²) in [7, 11) is 5.72. The fraction of sp³-hybridized carbons (Fsp3) is 0.400. The molecule has 2 amide bonds. The zero-order valence-electron chi connectivity index (χ0n) is 17.5. The number of anilines is 1. The van der Waals surface area contributed by atoms with Gasteiger partial charge in [-0.25, -0.2) is 4.79 Å². The SMILES string of the molecule is CN=C(NCc1ccc(NC(=O)NC(C)C)cc1)N(C)Cc1cc(Cl)cn1C.I. The van der Waals surface area contributed by atoms with E-state index < -0.39 is 0 Å². The molecule has 1 aromatic carbocycles. The van der Waals surface area contributed by atoms with Gasteiger partial charge in [-0.3, -0.25) is 4.99 Å². The molecule has 0 aliphatic carbocycles. The molecule has 0 spiro atoms. The standard InChI is InChI=1S/C20H29ClN6O.HI/c1-14(2)24-20(28)25-17-8-6-15(7-9-17)11-23-19(22-3)27(5)13-18-10-16(21)12-26(18)4;/h6-10,12,14H,11,13H2,1-5H3,(H,22,23)(H2,24,25,28);1H. The molecule has 2 rings (SSSR count). The van der Waals surface area contributed by atoms with Crippen molar-refractivity contribution >= 4 is 53.3 Å². The van der Waals surface area contributed by atoms with Crippen LogP contribution in [-0.4, -0.2) is 41.6 Å². The number of aromatic nitrogens is 1. The molecule has 7 nitrogen and oxygen atoms in total. The minimum Gasteiger partial charge on any atom is -0.352 e. The number of rotatable bonds is 6. The smallest absolute Gasteiger partial charge is 0.319 e. The Morgan fingerprint density at radius 2 is 1.93 bits per heavy atom. The number of nitrogens with one attached hydrogen (secondary N) is 3. The number of benzene rings is 1. The first-order chi connectivity index (χ1) is 13.3. The third kappa shape index (κ3) is 8.14. The molecule has 160 valence electrons. The molecule has 2 aromatic rings.